The number of benzene rings is 2. The Kier molecular flexibility index (Phi) is 4.68. The first-order valence-corrected chi connectivity index (χ1v) is 8.64. The molecule has 1 N–H and O–H groups in total. The van der Waals surface area contributed by atoms with Crippen LogP contribution >= 0.6 is 23.5 Å². The normalized spacial score (nSPS) is 13.1. The molecule has 1 aliphatic heterocycles. The summed E-state index contributed by atoms with van der Waals surface area (Å²) >= 11 is 3.45. The summed E-state index contributed by atoms with van der Waals surface area (Å²) in [6.07, 6.45) is 2.21. The molecule has 0 amide bonds. The fraction of sp³-hybridized carbons (Fsp3) is 0.176. The van der Waals surface area contributed by atoms with E-state index in [2.05, 4.69) is 23.5 Å². The van der Waals surface area contributed by atoms with E-state index in [1.807, 2.05) is 37.0 Å². The van der Waals surface area contributed by atoms with Crippen molar-refractivity contribution >= 4 is 34.5 Å². The van der Waals surface area contributed by atoms with Gasteiger partial charge in [-0.15, -0.1) is 11.8 Å². The Morgan fingerprint density at radius 3 is 2.86 bits per heavy atom. The molecule has 2 aromatic rings. The SMILES string of the molecule is CNCCSC1=Cc2ccccc2Sc2cc(F)ccc21. The highest BCUT2D eigenvalue weighted by Gasteiger charge is 2.16. The molecule has 0 atom stereocenters. The van der Waals surface area contributed by atoms with Crippen molar-refractivity contribution in [3.8, 4) is 0 Å². The maximum absolute atomic E-state index is 13.6. The van der Waals surface area contributed by atoms with Gasteiger partial charge >= 0.3 is 0 Å². The van der Waals surface area contributed by atoms with Gasteiger partial charge in [-0.3, -0.25) is 0 Å². The molecule has 3 rings (SSSR count). The molecule has 0 bridgehead atoms. The maximum atomic E-state index is 13.6. The second-order valence-electron chi connectivity index (χ2n) is 4.74. The molecule has 4 heteroatoms. The Labute approximate surface area is 133 Å². The third kappa shape index (κ3) is 3.34. The zero-order valence-electron chi connectivity index (χ0n) is 11.7. The number of hydrogen-bond acceptors (Lipinski definition) is 3. The smallest absolute Gasteiger partial charge is 0.124 e. The van der Waals surface area contributed by atoms with Gasteiger partial charge in [0.25, 0.3) is 0 Å². The predicted octanol–water partition coefficient (Wildman–Crippen LogP) is 4.74. The fourth-order valence-corrected chi connectivity index (χ4v) is 4.42. The van der Waals surface area contributed by atoms with Crippen LogP contribution in [0.3, 0.4) is 0 Å². The number of nitrogens with one attached hydrogen (secondary N) is 1. The maximum Gasteiger partial charge on any atom is 0.124 e. The minimum atomic E-state index is -0.180. The van der Waals surface area contributed by atoms with Crippen LogP contribution in [0.15, 0.2) is 52.3 Å². The topological polar surface area (TPSA) is 12.0 Å². The summed E-state index contributed by atoms with van der Waals surface area (Å²) in [5, 5.41) is 3.16. The molecule has 2 aromatic carbocycles. The first kappa shape index (κ1) is 14.7. The van der Waals surface area contributed by atoms with Gasteiger partial charge in [0.05, 0.1) is 0 Å². The van der Waals surface area contributed by atoms with Crippen LogP contribution in [0.1, 0.15) is 11.1 Å². The highest BCUT2D eigenvalue weighted by atomic mass is 32.2. The Balaban J connectivity index is 2.05. The minimum Gasteiger partial charge on any atom is -0.319 e. The molecule has 1 nitrogen and oxygen atoms in total. The van der Waals surface area contributed by atoms with E-state index in [9.17, 15) is 4.39 Å². The zero-order valence-corrected chi connectivity index (χ0v) is 13.4. The van der Waals surface area contributed by atoms with Crippen molar-refractivity contribution in [2.24, 2.45) is 0 Å². The summed E-state index contributed by atoms with van der Waals surface area (Å²) < 4.78 is 13.6. The standard InChI is InChI=1S/C17H16FNS2/c1-19-8-9-20-16-10-12-4-2-3-5-15(12)21-17-11-13(18)6-7-14(16)17/h2-7,10-11,19H,8-9H2,1H3. The Hall–Kier alpha value is -1.23. The van der Waals surface area contributed by atoms with Crippen LogP contribution in [-0.4, -0.2) is 19.3 Å². The minimum absolute atomic E-state index is 0.180. The largest absolute Gasteiger partial charge is 0.319 e. The van der Waals surface area contributed by atoms with E-state index in [1.165, 1.54) is 15.4 Å². The second kappa shape index (κ2) is 6.69. The first-order valence-electron chi connectivity index (χ1n) is 6.84. The molecule has 0 aliphatic carbocycles. The van der Waals surface area contributed by atoms with Gasteiger partial charge in [0.1, 0.15) is 5.82 Å². The lowest BCUT2D eigenvalue weighted by molar-refractivity contribution is 0.624. The average Bonchev–Trinajstić information content (AvgIpc) is 2.63. The van der Waals surface area contributed by atoms with Crippen molar-refractivity contribution in [2.45, 2.75) is 9.79 Å². The van der Waals surface area contributed by atoms with Gasteiger partial charge in [-0.05, 0) is 43.0 Å². The molecule has 108 valence electrons. The highest BCUT2D eigenvalue weighted by Crippen LogP contribution is 2.44. The summed E-state index contributed by atoms with van der Waals surface area (Å²) in [5.41, 5.74) is 2.32. The van der Waals surface area contributed by atoms with Gasteiger partial charge in [0.2, 0.25) is 0 Å². The second-order valence-corrected chi connectivity index (χ2v) is 6.96. The summed E-state index contributed by atoms with van der Waals surface area (Å²) in [7, 11) is 1.95. The average molecular weight is 317 g/mol. The van der Waals surface area contributed by atoms with Crippen molar-refractivity contribution in [1.29, 1.82) is 0 Å². The van der Waals surface area contributed by atoms with Gasteiger partial charge in [-0.1, -0.05) is 30.0 Å². The molecule has 0 spiro atoms. The van der Waals surface area contributed by atoms with Gasteiger partial charge < -0.3 is 5.32 Å². The quantitative estimate of drug-likeness (QED) is 0.818. The van der Waals surface area contributed by atoms with Crippen molar-refractivity contribution in [3.63, 3.8) is 0 Å². The van der Waals surface area contributed by atoms with Crippen molar-refractivity contribution in [3.05, 3.63) is 59.4 Å². The van der Waals surface area contributed by atoms with E-state index in [4.69, 9.17) is 0 Å². The van der Waals surface area contributed by atoms with Gasteiger partial charge in [-0.2, -0.15) is 0 Å². The van der Waals surface area contributed by atoms with Crippen molar-refractivity contribution in [1.82, 2.24) is 5.32 Å². The fourth-order valence-electron chi connectivity index (χ4n) is 2.20. The highest BCUT2D eigenvalue weighted by molar-refractivity contribution is 8.08. The van der Waals surface area contributed by atoms with Crippen LogP contribution in [0.25, 0.3) is 11.0 Å². The van der Waals surface area contributed by atoms with E-state index in [0.29, 0.717) is 0 Å². The molecular weight excluding hydrogens is 301 g/mol. The van der Waals surface area contributed by atoms with Crippen molar-refractivity contribution in [2.75, 3.05) is 19.3 Å². The van der Waals surface area contributed by atoms with Crippen LogP contribution in [0.2, 0.25) is 0 Å². The molecule has 0 unspecified atom stereocenters. The Morgan fingerprint density at radius 2 is 2.00 bits per heavy atom. The van der Waals surface area contributed by atoms with E-state index in [-0.39, 0.29) is 5.82 Å². The zero-order chi connectivity index (χ0) is 14.7. The number of thioether (sulfide) groups is 1. The number of halogens is 1. The van der Waals surface area contributed by atoms with Crippen LogP contribution < -0.4 is 5.32 Å². The van der Waals surface area contributed by atoms with Crippen molar-refractivity contribution < 1.29 is 4.39 Å². The molecule has 1 heterocycles. The lowest BCUT2D eigenvalue weighted by Crippen LogP contribution is -2.09. The van der Waals surface area contributed by atoms with E-state index in [1.54, 1.807) is 23.9 Å². The summed E-state index contributed by atoms with van der Waals surface area (Å²) in [4.78, 5) is 3.37. The van der Waals surface area contributed by atoms with Gasteiger partial charge in [-0.25, -0.2) is 4.39 Å². The van der Waals surface area contributed by atoms with Gasteiger partial charge in [0.15, 0.2) is 0 Å². The Morgan fingerprint density at radius 1 is 1.14 bits per heavy atom. The Bertz CT molecular complexity index is 682. The summed E-state index contributed by atoms with van der Waals surface area (Å²) in [6.45, 7) is 0.952. The first-order chi connectivity index (χ1) is 10.3. The van der Waals surface area contributed by atoms with Crippen LogP contribution in [0, 0.1) is 5.82 Å². The molecule has 0 saturated heterocycles. The molecule has 1 aliphatic rings. The number of hydrogen-bond donors (Lipinski definition) is 1. The monoisotopic (exact) mass is 317 g/mol. The summed E-state index contributed by atoms with van der Waals surface area (Å²) in [6, 6.07) is 13.3. The number of fused-ring (bicyclic) bond motifs is 2. The summed E-state index contributed by atoms with van der Waals surface area (Å²) in [5.74, 6) is 0.812. The van der Waals surface area contributed by atoms with Crippen LogP contribution in [0.5, 0.6) is 0 Å². The molecule has 0 radical (unpaired) electrons. The molecular formula is C17H16FNS2. The molecule has 21 heavy (non-hydrogen) atoms. The van der Waals surface area contributed by atoms with E-state index < -0.39 is 0 Å². The lowest BCUT2D eigenvalue weighted by Gasteiger charge is -2.10. The van der Waals surface area contributed by atoms with Gasteiger partial charge in [0, 0.05) is 32.6 Å². The predicted molar refractivity (Wildman–Crippen MR) is 91.2 cm³/mol. The number of rotatable bonds is 4. The van der Waals surface area contributed by atoms with E-state index >= 15 is 0 Å². The third-order valence-electron chi connectivity index (χ3n) is 3.24. The van der Waals surface area contributed by atoms with Crippen LogP contribution in [0.4, 0.5) is 4.39 Å². The molecule has 0 saturated carbocycles. The van der Waals surface area contributed by atoms with Crippen LogP contribution in [-0.2, 0) is 0 Å². The molecule has 0 fully saturated rings. The third-order valence-corrected chi connectivity index (χ3v) is 5.45. The molecule has 0 aromatic heterocycles. The lowest BCUT2D eigenvalue weighted by atomic mass is 10.1. The van der Waals surface area contributed by atoms with E-state index in [0.717, 1.165) is 22.8 Å².